The van der Waals surface area contributed by atoms with Crippen molar-refractivity contribution in [2.24, 2.45) is 0 Å². The van der Waals surface area contributed by atoms with Crippen LogP contribution in [0.4, 0.5) is 0 Å². The van der Waals surface area contributed by atoms with E-state index in [1.807, 2.05) is 18.2 Å². The highest BCUT2D eigenvalue weighted by Gasteiger charge is 2.09. The molecule has 116 valence electrons. The molecule has 0 saturated carbocycles. The van der Waals surface area contributed by atoms with Crippen LogP contribution in [0.1, 0.15) is 15.9 Å². The Hall–Kier alpha value is -1.67. The number of nitrogens with zero attached hydrogens (tertiary/aromatic N) is 1. The molecular weight excluding hydrogens is 473 g/mol. The summed E-state index contributed by atoms with van der Waals surface area (Å²) in [6.45, 7) is 0.335. The number of rotatable bonds is 3. The van der Waals surface area contributed by atoms with Gasteiger partial charge in [-0.2, -0.15) is 0 Å². The fourth-order valence-electron chi connectivity index (χ4n) is 2.44. The van der Waals surface area contributed by atoms with Crippen LogP contribution in [0.2, 0.25) is 0 Å². The third-order valence-corrected chi connectivity index (χ3v) is 4.88. The van der Waals surface area contributed by atoms with Gasteiger partial charge in [0.15, 0.2) is 0 Å². The number of benzene rings is 2. The maximum Gasteiger partial charge on any atom is 0.335 e. The van der Waals surface area contributed by atoms with Crippen LogP contribution in [0.25, 0.3) is 10.8 Å². The Labute approximate surface area is 154 Å². The molecule has 3 aromatic rings. The highest BCUT2D eigenvalue weighted by atomic mass is 127. The summed E-state index contributed by atoms with van der Waals surface area (Å²) in [6, 6.07) is 12.2. The van der Waals surface area contributed by atoms with Crippen molar-refractivity contribution in [2.75, 3.05) is 0 Å². The van der Waals surface area contributed by atoms with E-state index in [4.69, 9.17) is 5.11 Å². The first-order valence-corrected chi connectivity index (χ1v) is 8.63. The summed E-state index contributed by atoms with van der Waals surface area (Å²) in [4.78, 5) is 23.7. The lowest BCUT2D eigenvalue weighted by atomic mass is 10.1. The predicted molar refractivity (Wildman–Crippen MR) is 101 cm³/mol. The van der Waals surface area contributed by atoms with E-state index < -0.39 is 5.97 Å². The molecular formula is C17H11BrINO3. The average molecular weight is 484 g/mol. The maximum absolute atomic E-state index is 12.6. The molecule has 0 atom stereocenters. The number of carboxylic acids is 1. The fourth-order valence-corrected chi connectivity index (χ4v) is 3.58. The van der Waals surface area contributed by atoms with Gasteiger partial charge in [0.05, 0.1) is 12.1 Å². The molecule has 6 heteroatoms. The molecule has 0 saturated heterocycles. The monoisotopic (exact) mass is 483 g/mol. The molecule has 0 aliphatic heterocycles. The van der Waals surface area contributed by atoms with Gasteiger partial charge in [-0.3, -0.25) is 4.79 Å². The van der Waals surface area contributed by atoms with Gasteiger partial charge in [0.25, 0.3) is 5.56 Å². The second-order valence-electron chi connectivity index (χ2n) is 5.11. The molecule has 0 amide bonds. The molecule has 4 nitrogen and oxygen atoms in total. The molecule has 0 aliphatic rings. The van der Waals surface area contributed by atoms with Gasteiger partial charge in [-0.25, -0.2) is 4.79 Å². The largest absolute Gasteiger partial charge is 0.478 e. The summed E-state index contributed by atoms with van der Waals surface area (Å²) in [6.07, 6.45) is 1.80. The SMILES string of the molecule is O=C(O)c1cccc(Cn2cc(I)c3cc(Br)ccc3c2=O)c1. The molecule has 1 N–H and O–H groups in total. The fraction of sp³-hybridized carbons (Fsp3) is 0.0588. The van der Waals surface area contributed by atoms with E-state index in [1.54, 1.807) is 29.0 Å². The Bertz CT molecular complexity index is 981. The number of halogens is 2. The predicted octanol–water partition coefficient (Wildman–Crippen LogP) is 4.12. The van der Waals surface area contributed by atoms with E-state index in [0.717, 1.165) is 19.0 Å². The molecule has 0 aliphatic carbocycles. The Kier molecular flexibility index (Phi) is 4.54. The Morgan fingerprint density at radius 2 is 1.96 bits per heavy atom. The smallest absolute Gasteiger partial charge is 0.335 e. The minimum atomic E-state index is -0.975. The lowest BCUT2D eigenvalue weighted by Gasteiger charge is -2.10. The van der Waals surface area contributed by atoms with Gasteiger partial charge in [0, 0.05) is 25.0 Å². The Morgan fingerprint density at radius 3 is 2.70 bits per heavy atom. The summed E-state index contributed by atoms with van der Waals surface area (Å²) in [5.41, 5.74) is 0.905. The van der Waals surface area contributed by atoms with Gasteiger partial charge in [-0.1, -0.05) is 28.1 Å². The molecule has 0 radical (unpaired) electrons. The quantitative estimate of drug-likeness (QED) is 0.570. The zero-order valence-electron chi connectivity index (χ0n) is 11.8. The number of hydrogen-bond donors (Lipinski definition) is 1. The van der Waals surface area contributed by atoms with Gasteiger partial charge in [-0.15, -0.1) is 0 Å². The van der Waals surface area contributed by atoms with Crippen LogP contribution < -0.4 is 5.56 Å². The van der Waals surface area contributed by atoms with Crippen molar-refractivity contribution in [3.63, 3.8) is 0 Å². The lowest BCUT2D eigenvalue weighted by molar-refractivity contribution is 0.0696. The van der Waals surface area contributed by atoms with Crippen LogP contribution in [0.5, 0.6) is 0 Å². The van der Waals surface area contributed by atoms with Crippen LogP contribution in [-0.2, 0) is 6.54 Å². The number of carbonyl (C=O) groups is 1. The number of fused-ring (bicyclic) bond motifs is 1. The van der Waals surface area contributed by atoms with Gasteiger partial charge < -0.3 is 9.67 Å². The minimum Gasteiger partial charge on any atom is -0.478 e. The molecule has 0 spiro atoms. The third kappa shape index (κ3) is 3.32. The molecule has 0 fully saturated rings. The van der Waals surface area contributed by atoms with Crippen LogP contribution in [0, 0.1) is 3.57 Å². The Balaban J connectivity index is 2.09. The second-order valence-corrected chi connectivity index (χ2v) is 7.18. The standard InChI is InChI=1S/C17H11BrINO3/c18-12-4-5-13-14(7-12)15(19)9-20(16(13)21)8-10-2-1-3-11(6-10)17(22)23/h1-7,9H,8H2,(H,22,23). The summed E-state index contributed by atoms with van der Waals surface area (Å²) in [5, 5.41) is 10.6. The molecule has 2 aromatic carbocycles. The summed E-state index contributed by atoms with van der Waals surface area (Å²) >= 11 is 5.62. The molecule has 3 rings (SSSR count). The van der Waals surface area contributed by atoms with Crippen molar-refractivity contribution in [2.45, 2.75) is 6.54 Å². The summed E-state index contributed by atoms with van der Waals surface area (Å²) in [5.74, 6) is -0.975. The van der Waals surface area contributed by atoms with E-state index in [-0.39, 0.29) is 11.1 Å². The molecule has 23 heavy (non-hydrogen) atoms. The minimum absolute atomic E-state index is 0.0892. The zero-order chi connectivity index (χ0) is 16.6. The van der Waals surface area contributed by atoms with E-state index in [9.17, 15) is 9.59 Å². The van der Waals surface area contributed by atoms with E-state index in [2.05, 4.69) is 38.5 Å². The van der Waals surface area contributed by atoms with E-state index in [0.29, 0.717) is 11.9 Å². The number of aromatic nitrogens is 1. The first-order chi connectivity index (χ1) is 11.0. The van der Waals surface area contributed by atoms with Crippen molar-refractivity contribution in [1.82, 2.24) is 4.57 Å². The normalized spacial score (nSPS) is 10.9. The number of hydrogen-bond acceptors (Lipinski definition) is 2. The van der Waals surface area contributed by atoms with Gasteiger partial charge >= 0.3 is 5.97 Å². The van der Waals surface area contributed by atoms with Crippen LogP contribution in [-0.4, -0.2) is 15.6 Å². The molecule has 1 heterocycles. The zero-order valence-corrected chi connectivity index (χ0v) is 15.5. The van der Waals surface area contributed by atoms with Crippen LogP contribution in [0.15, 0.2) is 57.9 Å². The second kappa shape index (κ2) is 6.45. The lowest BCUT2D eigenvalue weighted by Crippen LogP contribution is -2.21. The summed E-state index contributed by atoms with van der Waals surface area (Å²) < 4.78 is 3.50. The Morgan fingerprint density at radius 1 is 1.17 bits per heavy atom. The van der Waals surface area contributed by atoms with Crippen molar-refractivity contribution in [3.05, 3.63) is 78.2 Å². The number of pyridine rings is 1. The summed E-state index contributed by atoms with van der Waals surface area (Å²) in [7, 11) is 0. The van der Waals surface area contributed by atoms with Gasteiger partial charge in [0.2, 0.25) is 0 Å². The topological polar surface area (TPSA) is 59.3 Å². The van der Waals surface area contributed by atoms with Crippen LogP contribution in [0.3, 0.4) is 0 Å². The van der Waals surface area contributed by atoms with Gasteiger partial charge in [0.1, 0.15) is 0 Å². The number of carboxylic acid groups (broad SMARTS) is 1. The first-order valence-electron chi connectivity index (χ1n) is 6.76. The molecule has 0 bridgehead atoms. The van der Waals surface area contributed by atoms with Gasteiger partial charge in [-0.05, 0) is 58.5 Å². The van der Waals surface area contributed by atoms with E-state index >= 15 is 0 Å². The number of aromatic carboxylic acids is 1. The van der Waals surface area contributed by atoms with Crippen molar-refractivity contribution in [1.29, 1.82) is 0 Å². The average Bonchev–Trinajstić information content (AvgIpc) is 2.52. The van der Waals surface area contributed by atoms with Crippen molar-refractivity contribution in [3.8, 4) is 0 Å². The highest BCUT2D eigenvalue weighted by molar-refractivity contribution is 14.1. The highest BCUT2D eigenvalue weighted by Crippen LogP contribution is 2.22. The molecule has 0 unspecified atom stereocenters. The van der Waals surface area contributed by atoms with E-state index in [1.165, 1.54) is 6.07 Å². The maximum atomic E-state index is 12.6. The van der Waals surface area contributed by atoms with Crippen molar-refractivity contribution >= 4 is 55.3 Å². The third-order valence-electron chi connectivity index (χ3n) is 3.53. The molecule has 1 aromatic heterocycles. The first kappa shape index (κ1) is 16.2. The van der Waals surface area contributed by atoms with Crippen molar-refractivity contribution < 1.29 is 9.90 Å². The van der Waals surface area contributed by atoms with Crippen LogP contribution >= 0.6 is 38.5 Å².